The first-order valence-electron chi connectivity index (χ1n) is 7.31. The largest absolute Gasteiger partial charge is 0.444 e. The molecule has 0 bridgehead atoms. The average Bonchev–Trinajstić information content (AvgIpc) is 2.19. The highest BCUT2D eigenvalue weighted by Gasteiger charge is 2.27. The van der Waals surface area contributed by atoms with E-state index in [0.717, 1.165) is 0 Å². The van der Waals surface area contributed by atoms with E-state index in [1.165, 1.54) is 0 Å². The lowest BCUT2D eigenvalue weighted by atomic mass is 9.99. The van der Waals surface area contributed by atoms with Gasteiger partial charge in [-0.15, -0.1) is 0 Å². The molecule has 0 aliphatic carbocycles. The van der Waals surface area contributed by atoms with Crippen LogP contribution in [0.15, 0.2) is 0 Å². The van der Waals surface area contributed by atoms with E-state index < -0.39 is 27.1 Å². The summed E-state index contributed by atoms with van der Waals surface area (Å²) in [7, 11) is -4.11. The first-order chi connectivity index (χ1) is 9.35. The van der Waals surface area contributed by atoms with Crippen molar-refractivity contribution in [3.05, 3.63) is 0 Å². The van der Waals surface area contributed by atoms with Gasteiger partial charge in [0.2, 0.25) is 0 Å². The highest BCUT2D eigenvalue weighted by molar-refractivity contribution is 7.86. The van der Waals surface area contributed by atoms with Crippen LogP contribution in [-0.2, 0) is 14.9 Å². The summed E-state index contributed by atoms with van der Waals surface area (Å²) in [5.74, 6) is 0.281. The Hall–Kier alpha value is -0.820. The van der Waals surface area contributed by atoms with Gasteiger partial charge in [0.25, 0.3) is 10.1 Å². The van der Waals surface area contributed by atoms with Crippen LogP contribution in [0.2, 0.25) is 0 Å². The van der Waals surface area contributed by atoms with Crippen molar-refractivity contribution < 1.29 is 22.5 Å². The number of carbonyl (C=O) groups is 1. The van der Waals surface area contributed by atoms with Crippen molar-refractivity contribution in [2.24, 2.45) is 5.92 Å². The molecule has 0 fully saturated rings. The molecular formula is C14H29NO5S. The molecule has 0 saturated carbocycles. The van der Waals surface area contributed by atoms with E-state index in [2.05, 4.69) is 5.32 Å². The predicted molar refractivity (Wildman–Crippen MR) is 82.9 cm³/mol. The van der Waals surface area contributed by atoms with Crippen molar-refractivity contribution in [2.45, 2.75) is 77.7 Å². The lowest BCUT2D eigenvalue weighted by Crippen LogP contribution is -2.42. The van der Waals surface area contributed by atoms with Gasteiger partial charge in [0.05, 0.1) is 5.25 Å². The van der Waals surface area contributed by atoms with Gasteiger partial charge in [-0.05, 0) is 46.0 Å². The molecule has 0 aromatic rings. The Kier molecular flexibility index (Phi) is 7.67. The number of amides is 1. The van der Waals surface area contributed by atoms with Crippen LogP contribution in [-0.4, -0.2) is 36.0 Å². The fraction of sp³-hybridized carbons (Fsp3) is 0.929. The molecule has 2 atom stereocenters. The monoisotopic (exact) mass is 323 g/mol. The second-order valence-electron chi connectivity index (χ2n) is 6.75. The normalized spacial score (nSPS) is 15.6. The van der Waals surface area contributed by atoms with Crippen LogP contribution in [0.25, 0.3) is 0 Å². The molecule has 0 rings (SSSR count). The maximum atomic E-state index is 11.8. The molecule has 7 heteroatoms. The summed E-state index contributed by atoms with van der Waals surface area (Å²) >= 11 is 0. The predicted octanol–water partition coefficient (Wildman–Crippen LogP) is 2.98. The van der Waals surface area contributed by atoms with Crippen molar-refractivity contribution in [3.8, 4) is 0 Å². The Morgan fingerprint density at radius 2 is 1.76 bits per heavy atom. The zero-order chi connectivity index (χ0) is 16.8. The fourth-order valence-electron chi connectivity index (χ4n) is 2.07. The summed E-state index contributed by atoms with van der Waals surface area (Å²) in [5.41, 5.74) is -0.611. The second kappa shape index (κ2) is 7.98. The van der Waals surface area contributed by atoms with E-state index >= 15 is 0 Å². The molecule has 6 nitrogen and oxygen atoms in total. The Bertz CT molecular complexity index is 425. The lowest BCUT2D eigenvalue weighted by Gasteiger charge is -2.26. The minimum atomic E-state index is -4.11. The SMILES string of the molecule is CCC(C[C@@H](CC(C)C)NC(=O)OC(C)(C)C)S(=O)(=O)O. The zero-order valence-corrected chi connectivity index (χ0v) is 14.7. The number of hydrogen-bond donors (Lipinski definition) is 2. The third-order valence-electron chi connectivity index (χ3n) is 2.90. The van der Waals surface area contributed by atoms with Crippen LogP contribution in [0.3, 0.4) is 0 Å². The summed E-state index contributed by atoms with van der Waals surface area (Å²) in [6, 6.07) is -0.355. The molecule has 1 unspecified atom stereocenters. The van der Waals surface area contributed by atoms with E-state index in [9.17, 15) is 17.8 Å². The van der Waals surface area contributed by atoms with Crippen molar-refractivity contribution in [3.63, 3.8) is 0 Å². The Morgan fingerprint density at radius 3 is 2.10 bits per heavy atom. The van der Waals surface area contributed by atoms with Gasteiger partial charge in [0, 0.05) is 6.04 Å². The van der Waals surface area contributed by atoms with Gasteiger partial charge in [-0.1, -0.05) is 20.8 Å². The quantitative estimate of drug-likeness (QED) is 0.703. The smallest absolute Gasteiger partial charge is 0.407 e. The molecule has 126 valence electrons. The van der Waals surface area contributed by atoms with Crippen LogP contribution < -0.4 is 5.32 Å². The number of hydrogen-bond acceptors (Lipinski definition) is 4. The van der Waals surface area contributed by atoms with E-state index in [1.54, 1.807) is 27.7 Å². The average molecular weight is 323 g/mol. The maximum Gasteiger partial charge on any atom is 0.407 e. The van der Waals surface area contributed by atoms with Gasteiger partial charge in [-0.2, -0.15) is 8.42 Å². The highest BCUT2D eigenvalue weighted by Crippen LogP contribution is 2.17. The molecule has 0 aromatic carbocycles. The Morgan fingerprint density at radius 1 is 1.24 bits per heavy atom. The van der Waals surface area contributed by atoms with Gasteiger partial charge in [-0.25, -0.2) is 4.79 Å². The van der Waals surface area contributed by atoms with Crippen LogP contribution in [0.5, 0.6) is 0 Å². The topological polar surface area (TPSA) is 92.7 Å². The van der Waals surface area contributed by atoms with Gasteiger partial charge in [0.15, 0.2) is 0 Å². The van der Waals surface area contributed by atoms with Crippen molar-refractivity contribution in [2.75, 3.05) is 0 Å². The van der Waals surface area contributed by atoms with Crippen molar-refractivity contribution in [1.82, 2.24) is 5.32 Å². The molecule has 21 heavy (non-hydrogen) atoms. The van der Waals surface area contributed by atoms with Gasteiger partial charge >= 0.3 is 6.09 Å². The van der Waals surface area contributed by atoms with Gasteiger partial charge < -0.3 is 10.1 Å². The second-order valence-corrected chi connectivity index (χ2v) is 8.45. The molecular weight excluding hydrogens is 294 g/mol. The standard InChI is InChI=1S/C14H29NO5S/c1-7-12(21(17,18)19)9-11(8-10(2)3)15-13(16)20-14(4,5)6/h10-12H,7-9H2,1-6H3,(H,15,16)(H,17,18,19)/t11-,12?/m1/s1. The molecule has 1 amide bonds. The summed E-state index contributed by atoms with van der Waals surface area (Å²) in [4.78, 5) is 11.8. The zero-order valence-electron chi connectivity index (χ0n) is 13.8. The molecule has 0 aliphatic rings. The Labute approximate surface area is 128 Å². The number of ether oxygens (including phenoxy) is 1. The van der Waals surface area contributed by atoms with Crippen molar-refractivity contribution >= 4 is 16.2 Å². The molecule has 0 radical (unpaired) electrons. The number of rotatable bonds is 7. The fourth-order valence-corrected chi connectivity index (χ4v) is 2.97. The number of carbonyl (C=O) groups excluding carboxylic acids is 1. The Balaban J connectivity index is 4.84. The summed E-state index contributed by atoms with van der Waals surface area (Å²) in [5, 5.41) is 1.83. The van der Waals surface area contributed by atoms with E-state index in [1.807, 2.05) is 13.8 Å². The molecule has 0 heterocycles. The number of nitrogens with one attached hydrogen (secondary N) is 1. The van der Waals surface area contributed by atoms with Gasteiger partial charge in [-0.3, -0.25) is 4.55 Å². The summed E-state index contributed by atoms with van der Waals surface area (Å²) < 4.78 is 37.0. The van der Waals surface area contributed by atoms with E-state index in [4.69, 9.17) is 4.74 Å². The third kappa shape index (κ3) is 9.68. The van der Waals surface area contributed by atoms with Gasteiger partial charge in [0.1, 0.15) is 5.60 Å². The van der Waals surface area contributed by atoms with E-state index in [0.29, 0.717) is 12.8 Å². The molecule has 2 N–H and O–H groups in total. The summed E-state index contributed by atoms with van der Waals surface area (Å²) in [6.45, 7) is 10.9. The van der Waals surface area contributed by atoms with Crippen LogP contribution in [0.1, 0.15) is 60.8 Å². The minimum absolute atomic E-state index is 0.173. The van der Waals surface area contributed by atoms with Crippen LogP contribution in [0, 0.1) is 5.92 Å². The maximum absolute atomic E-state index is 11.8. The van der Waals surface area contributed by atoms with Crippen LogP contribution in [0.4, 0.5) is 4.79 Å². The molecule has 0 aromatic heterocycles. The molecule has 0 spiro atoms. The summed E-state index contributed by atoms with van der Waals surface area (Å²) in [6.07, 6.45) is 0.514. The minimum Gasteiger partial charge on any atom is -0.444 e. The third-order valence-corrected chi connectivity index (χ3v) is 4.27. The molecule has 0 saturated heterocycles. The first-order valence-corrected chi connectivity index (χ1v) is 8.81. The lowest BCUT2D eigenvalue weighted by molar-refractivity contribution is 0.0495. The first kappa shape index (κ1) is 20.2. The number of alkyl carbamates (subject to hydrolysis) is 1. The van der Waals surface area contributed by atoms with Crippen molar-refractivity contribution in [1.29, 1.82) is 0 Å². The van der Waals surface area contributed by atoms with E-state index in [-0.39, 0.29) is 18.4 Å². The van der Waals surface area contributed by atoms with Crippen LogP contribution >= 0.6 is 0 Å². The molecule has 0 aliphatic heterocycles. The highest BCUT2D eigenvalue weighted by atomic mass is 32.2.